The molecule has 0 radical (unpaired) electrons. The van der Waals surface area contributed by atoms with Gasteiger partial charge in [-0.2, -0.15) is 0 Å². The first-order valence-corrected chi connectivity index (χ1v) is 5.35. The van der Waals surface area contributed by atoms with Crippen LogP contribution < -0.4 is 4.74 Å². The highest BCUT2D eigenvalue weighted by Crippen LogP contribution is 2.14. The summed E-state index contributed by atoms with van der Waals surface area (Å²) in [6, 6.07) is 7.62. The number of rotatable bonds is 4. The molecule has 4 heteroatoms. The van der Waals surface area contributed by atoms with Crippen molar-refractivity contribution >= 4 is 5.78 Å². The molecule has 0 N–H and O–H groups in total. The second kappa shape index (κ2) is 5.61. The maximum Gasteiger partial charge on any atom is 0.181 e. The molecule has 1 atom stereocenters. The Kier molecular flexibility index (Phi) is 3.90. The van der Waals surface area contributed by atoms with Gasteiger partial charge in [-0.15, -0.1) is 0 Å². The average Bonchev–Trinajstić information content (AvgIpc) is 2.38. The molecule has 90 valence electrons. The molecule has 0 amide bonds. The van der Waals surface area contributed by atoms with Crippen LogP contribution in [0, 0.1) is 0 Å². The molecule has 0 saturated heterocycles. The predicted molar refractivity (Wildman–Crippen MR) is 61.7 cm³/mol. The standard InChI is InChI=1S/C13H14O4/c1-15-12-4-2-3-10(7-12)8-16-13-6-5-11(14)9-17-13/h2-7,13H,8-9H2,1H3/t13-/m0/s1. The van der Waals surface area contributed by atoms with Gasteiger partial charge in [-0.05, 0) is 29.8 Å². The lowest BCUT2D eigenvalue weighted by Gasteiger charge is -2.17. The van der Waals surface area contributed by atoms with Crippen molar-refractivity contribution in [2.45, 2.75) is 12.9 Å². The fourth-order valence-corrected chi connectivity index (χ4v) is 1.50. The SMILES string of the molecule is COc1cccc(CO[C@@H]2C=CC(=O)CO2)c1. The highest BCUT2D eigenvalue weighted by molar-refractivity contribution is 5.91. The highest BCUT2D eigenvalue weighted by Gasteiger charge is 2.13. The van der Waals surface area contributed by atoms with E-state index in [-0.39, 0.29) is 12.4 Å². The first-order valence-electron chi connectivity index (χ1n) is 5.35. The number of carbonyl (C=O) groups is 1. The Labute approximate surface area is 99.8 Å². The lowest BCUT2D eigenvalue weighted by Crippen LogP contribution is -2.23. The summed E-state index contributed by atoms with van der Waals surface area (Å²) in [5.41, 5.74) is 0.998. The Bertz CT molecular complexity index is 425. The number of carbonyl (C=O) groups excluding carboxylic acids is 1. The van der Waals surface area contributed by atoms with Crippen LogP contribution in [0.5, 0.6) is 5.75 Å². The van der Waals surface area contributed by atoms with Gasteiger partial charge in [0.25, 0.3) is 0 Å². The fourth-order valence-electron chi connectivity index (χ4n) is 1.50. The number of ether oxygens (including phenoxy) is 3. The Morgan fingerprint density at radius 1 is 1.47 bits per heavy atom. The largest absolute Gasteiger partial charge is 0.497 e. The number of ketones is 1. The number of methoxy groups -OCH3 is 1. The normalized spacial score (nSPS) is 19.4. The predicted octanol–water partition coefficient (Wildman–Crippen LogP) is 1.69. The van der Waals surface area contributed by atoms with Gasteiger partial charge >= 0.3 is 0 Å². The van der Waals surface area contributed by atoms with Gasteiger partial charge < -0.3 is 14.2 Å². The van der Waals surface area contributed by atoms with Crippen molar-refractivity contribution in [2.75, 3.05) is 13.7 Å². The quantitative estimate of drug-likeness (QED) is 0.795. The summed E-state index contributed by atoms with van der Waals surface area (Å²) in [7, 11) is 1.62. The van der Waals surface area contributed by atoms with Gasteiger partial charge in [0.05, 0.1) is 13.7 Å². The van der Waals surface area contributed by atoms with E-state index in [2.05, 4.69) is 0 Å². The lowest BCUT2D eigenvalue weighted by molar-refractivity contribution is -0.145. The number of hydrogen-bond donors (Lipinski definition) is 0. The second-order valence-corrected chi connectivity index (χ2v) is 3.67. The van der Waals surface area contributed by atoms with Crippen molar-refractivity contribution in [1.29, 1.82) is 0 Å². The van der Waals surface area contributed by atoms with Gasteiger partial charge in [0.1, 0.15) is 12.4 Å². The topological polar surface area (TPSA) is 44.8 Å². The Morgan fingerprint density at radius 3 is 3.06 bits per heavy atom. The summed E-state index contributed by atoms with van der Waals surface area (Å²) in [5.74, 6) is 0.757. The Balaban J connectivity index is 1.89. The van der Waals surface area contributed by atoms with Crippen LogP contribution in [0.25, 0.3) is 0 Å². The van der Waals surface area contributed by atoms with Crippen molar-refractivity contribution in [3.63, 3.8) is 0 Å². The molecule has 1 heterocycles. The maximum atomic E-state index is 10.9. The monoisotopic (exact) mass is 234 g/mol. The van der Waals surface area contributed by atoms with Crippen LogP contribution in [0.3, 0.4) is 0 Å². The van der Waals surface area contributed by atoms with Gasteiger partial charge in [-0.3, -0.25) is 4.79 Å². The van der Waals surface area contributed by atoms with Crippen LogP contribution in [0.4, 0.5) is 0 Å². The van der Waals surface area contributed by atoms with Crippen molar-refractivity contribution in [3.05, 3.63) is 42.0 Å². The van der Waals surface area contributed by atoms with Gasteiger partial charge in [-0.1, -0.05) is 12.1 Å². The van der Waals surface area contributed by atoms with Crippen molar-refractivity contribution in [1.82, 2.24) is 0 Å². The smallest absolute Gasteiger partial charge is 0.181 e. The zero-order chi connectivity index (χ0) is 12.1. The Morgan fingerprint density at radius 2 is 2.35 bits per heavy atom. The molecule has 0 saturated carbocycles. The molecule has 1 aromatic rings. The minimum Gasteiger partial charge on any atom is -0.497 e. The van der Waals surface area contributed by atoms with Crippen LogP contribution in [0.2, 0.25) is 0 Å². The molecule has 0 fully saturated rings. The summed E-state index contributed by atoms with van der Waals surface area (Å²) < 4.78 is 15.8. The van der Waals surface area contributed by atoms with E-state index in [0.717, 1.165) is 11.3 Å². The van der Waals surface area contributed by atoms with Crippen LogP contribution in [-0.4, -0.2) is 25.8 Å². The number of benzene rings is 1. The zero-order valence-corrected chi connectivity index (χ0v) is 9.59. The summed E-state index contributed by atoms with van der Waals surface area (Å²) >= 11 is 0. The molecule has 4 nitrogen and oxygen atoms in total. The van der Waals surface area contributed by atoms with Crippen LogP contribution >= 0.6 is 0 Å². The average molecular weight is 234 g/mol. The molecule has 17 heavy (non-hydrogen) atoms. The van der Waals surface area contributed by atoms with Crippen LogP contribution in [0.15, 0.2) is 36.4 Å². The van der Waals surface area contributed by atoms with E-state index in [1.54, 1.807) is 13.2 Å². The van der Waals surface area contributed by atoms with Crippen LogP contribution in [0.1, 0.15) is 5.56 Å². The summed E-state index contributed by atoms with van der Waals surface area (Å²) in [4.78, 5) is 10.9. The third kappa shape index (κ3) is 3.41. The van der Waals surface area contributed by atoms with Crippen molar-refractivity contribution in [2.24, 2.45) is 0 Å². The van der Waals surface area contributed by atoms with Crippen molar-refractivity contribution < 1.29 is 19.0 Å². The van der Waals surface area contributed by atoms with Gasteiger partial charge in [0.2, 0.25) is 0 Å². The van der Waals surface area contributed by atoms with E-state index in [4.69, 9.17) is 14.2 Å². The highest BCUT2D eigenvalue weighted by atomic mass is 16.7. The molecule has 0 spiro atoms. The van der Waals surface area contributed by atoms with Gasteiger partial charge in [0, 0.05) is 0 Å². The molecular formula is C13H14O4. The van der Waals surface area contributed by atoms with E-state index >= 15 is 0 Å². The molecule has 1 aromatic carbocycles. The van der Waals surface area contributed by atoms with Crippen molar-refractivity contribution in [3.8, 4) is 5.75 Å². The first kappa shape index (κ1) is 11.8. The second-order valence-electron chi connectivity index (χ2n) is 3.67. The minimum atomic E-state index is -0.445. The third-order valence-electron chi connectivity index (χ3n) is 2.38. The molecule has 2 rings (SSSR count). The van der Waals surface area contributed by atoms with E-state index in [1.807, 2.05) is 24.3 Å². The third-order valence-corrected chi connectivity index (χ3v) is 2.38. The Hall–Kier alpha value is -1.65. The molecule has 0 unspecified atom stereocenters. The van der Waals surface area contributed by atoms with E-state index in [1.165, 1.54) is 6.08 Å². The summed E-state index contributed by atoms with van der Waals surface area (Å²) in [6.45, 7) is 0.500. The van der Waals surface area contributed by atoms with Gasteiger partial charge in [0.15, 0.2) is 12.1 Å². The summed E-state index contributed by atoms with van der Waals surface area (Å²) in [5, 5.41) is 0. The van der Waals surface area contributed by atoms with Crippen LogP contribution in [-0.2, 0) is 20.9 Å². The summed E-state index contributed by atoms with van der Waals surface area (Å²) in [6.07, 6.45) is 2.66. The van der Waals surface area contributed by atoms with E-state index in [0.29, 0.717) is 6.61 Å². The molecule has 1 aliphatic rings. The molecule has 0 aromatic heterocycles. The number of hydrogen-bond acceptors (Lipinski definition) is 4. The van der Waals surface area contributed by atoms with E-state index in [9.17, 15) is 4.79 Å². The molecule has 1 aliphatic heterocycles. The van der Waals surface area contributed by atoms with E-state index < -0.39 is 6.29 Å². The first-order chi connectivity index (χ1) is 8.28. The lowest BCUT2D eigenvalue weighted by atomic mass is 10.2. The zero-order valence-electron chi connectivity index (χ0n) is 9.59. The maximum absolute atomic E-state index is 10.9. The molecule has 0 aliphatic carbocycles. The molecule has 0 bridgehead atoms. The van der Waals surface area contributed by atoms with Gasteiger partial charge in [-0.25, -0.2) is 0 Å². The molecular weight excluding hydrogens is 220 g/mol. The fraction of sp³-hybridized carbons (Fsp3) is 0.308. The minimum absolute atomic E-state index is 0.0359.